The summed E-state index contributed by atoms with van der Waals surface area (Å²) in [6, 6.07) is 0. The van der Waals surface area contributed by atoms with E-state index in [-0.39, 0.29) is 5.95 Å². The summed E-state index contributed by atoms with van der Waals surface area (Å²) in [5.74, 6) is 0.454. The third-order valence-corrected chi connectivity index (χ3v) is 1.18. The van der Waals surface area contributed by atoms with E-state index in [1.807, 2.05) is 0 Å². The van der Waals surface area contributed by atoms with Gasteiger partial charge in [-0.05, 0) is 0 Å². The normalized spacial score (nSPS) is 9.40. The third-order valence-electron chi connectivity index (χ3n) is 0.924. The first-order valence-corrected chi connectivity index (χ1v) is 2.94. The number of nitrogens with two attached hydrogens (primary N) is 1. The standard InChI is InChI=1S/C5H6ClN3O/c1-10-4-3(6)2-8-5(7)9-4/h2H,1H3,(H2,7,8,9). The highest BCUT2D eigenvalue weighted by molar-refractivity contribution is 6.31. The highest BCUT2D eigenvalue weighted by Crippen LogP contribution is 2.19. The molecule has 0 saturated heterocycles. The SMILES string of the molecule is COc1nc(N)ncc1Cl. The van der Waals surface area contributed by atoms with Crippen molar-refractivity contribution in [3.8, 4) is 5.88 Å². The van der Waals surface area contributed by atoms with Crippen molar-refractivity contribution in [2.75, 3.05) is 12.8 Å². The van der Waals surface area contributed by atoms with Crippen molar-refractivity contribution < 1.29 is 4.74 Å². The molecule has 1 aromatic heterocycles. The van der Waals surface area contributed by atoms with Crippen molar-refractivity contribution in [3.05, 3.63) is 11.2 Å². The summed E-state index contributed by atoms with van der Waals surface area (Å²) in [4.78, 5) is 7.35. The Morgan fingerprint density at radius 2 is 2.40 bits per heavy atom. The molecule has 0 spiro atoms. The average molecular weight is 160 g/mol. The maximum Gasteiger partial charge on any atom is 0.237 e. The van der Waals surface area contributed by atoms with Crippen LogP contribution in [-0.2, 0) is 0 Å². The molecule has 0 bridgehead atoms. The lowest BCUT2D eigenvalue weighted by Crippen LogP contribution is -1.96. The van der Waals surface area contributed by atoms with E-state index in [4.69, 9.17) is 22.1 Å². The lowest BCUT2D eigenvalue weighted by Gasteiger charge is -1.99. The molecule has 0 aromatic carbocycles. The average Bonchev–Trinajstić information content (AvgIpc) is 1.94. The second-order valence-electron chi connectivity index (χ2n) is 1.59. The van der Waals surface area contributed by atoms with Gasteiger partial charge in [0.25, 0.3) is 0 Å². The van der Waals surface area contributed by atoms with Crippen LogP contribution in [-0.4, -0.2) is 17.1 Å². The molecule has 54 valence electrons. The number of aromatic nitrogens is 2. The number of anilines is 1. The minimum absolute atomic E-state index is 0.154. The number of methoxy groups -OCH3 is 1. The second kappa shape index (κ2) is 2.70. The van der Waals surface area contributed by atoms with Gasteiger partial charge in [-0.2, -0.15) is 4.98 Å². The molecular weight excluding hydrogens is 154 g/mol. The zero-order chi connectivity index (χ0) is 7.56. The van der Waals surface area contributed by atoms with Crippen LogP contribution in [0.1, 0.15) is 0 Å². The van der Waals surface area contributed by atoms with Crippen molar-refractivity contribution >= 4 is 17.5 Å². The number of rotatable bonds is 1. The summed E-state index contributed by atoms with van der Waals surface area (Å²) in [6.07, 6.45) is 1.39. The van der Waals surface area contributed by atoms with Gasteiger partial charge in [0.15, 0.2) is 0 Å². The van der Waals surface area contributed by atoms with Gasteiger partial charge in [0.05, 0.1) is 13.3 Å². The zero-order valence-electron chi connectivity index (χ0n) is 5.34. The number of hydrogen-bond acceptors (Lipinski definition) is 4. The first kappa shape index (κ1) is 7.08. The Kier molecular flexibility index (Phi) is 1.91. The summed E-state index contributed by atoms with van der Waals surface area (Å²) >= 11 is 5.59. The van der Waals surface area contributed by atoms with E-state index >= 15 is 0 Å². The Labute approximate surface area is 63.0 Å². The van der Waals surface area contributed by atoms with E-state index < -0.39 is 0 Å². The fourth-order valence-corrected chi connectivity index (χ4v) is 0.676. The van der Waals surface area contributed by atoms with Crippen LogP contribution in [0.5, 0.6) is 5.88 Å². The predicted molar refractivity (Wildman–Crippen MR) is 38.0 cm³/mol. The van der Waals surface area contributed by atoms with Gasteiger partial charge < -0.3 is 10.5 Å². The molecule has 0 aliphatic rings. The van der Waals surface area contributed by atoms with Gasteiger partial charge in [-0.25, -0.2) is 4.98 Å². The highest BCUT2D eigenvalue weighted by Gasteiger charge is 2.01. The first-order valence-electron chi connectivity index (χ1n) is 2.56. The van der Waals surface area contributed by atoms with Crippen molar-refractivity contribution in [1.82, 2.24) is 9.97 Å². The number of nitrogen functional groups attached to an aromatic ring is 1. The molecular formula is C5H6ClN3O. The number of hydrogen-bond donors (Lipinski definition) is 1. The molecule has 0 unspecified atom stereocenters. The van der Waals surface area contributed by atoms with Crippen molar-refractivity contribution in [2.24, 2.45) is 0 Å². The molecule has 5 heteroatoms. The minimum atomic E-state index is 0.154. The van der Waals surface area contributed by atoms with Gasteiger partial charge in [-0.3, -0.25) is 0 Å². The zero-order valence-corrected chi connectivity index (χ0v) is 6.09. The Balaban J connectivity index is 3.09. The summed E-state index contributed by atoms with van der Waals surface area (Å²) in [7, 11) is 1.47. The van der Waals surface area contributed by atoms with Crippen LogP contribution < -0.4 is 10.5 Å². The van der Waals surface area contributed by atoms with E-state index in [9.17, 15) is 0 Å². The van der Waals surface area contributed by atoms with Crippen LogP contribution in [0.4, 0.5) is 5.95 Å². The number of ether oxygens (including phenoxy) is 1. The molecule has 1 rings (SSSR count). The summed E-state index contributed by atoms with van der Waals surface area (Å²) in [5.41, 5.74) is 5.24. The lowest BCUT2D eigenvalue weighted by molar-refractivity contribution is 0.398. The molecule has 0 fully saturated rings. The largest absolute Gasteiger partial charge is 0.480 e. The molecule has 1 aromatic rings. The van der Waals surface area contributed by atoms with Gasteiger partial charge in [0.2, 0.25) is 11.8 Å². The molecule has 0 radical (unpaired) electrons. The topological polar surface area (TPSA) is 61.0 Å². The molecule has 2 N–H and O–H groups in total. The van der Waals surface area contributed by atoms with Crippen LogP contribution >= 0.6 is 11.6 Å². The highest BCUT2D eigenvalue weighted by atomic mass is 35.5. The van der Waals surface area contributed by atoms with E-state index in [0.29, 0.717) is 10.9 Å². The molecule has 10 heavy (non-hydrogen) atoms. The lowest BCUT2D eigenvalue weighted by atomic mass is 10.6. The summed E-state index contributed by atoms with van der Waals surface area (Å²) in [6.45, 7) is 0. The molecule has 0 saturated carbocycles. The Morgan fingerprint density at radius 3 is 2.90 bits per heavy atom. The van der Waals surface area contributed by atoms with Gasteiger partial charge in [-0.1, -0.05) is 11.6 Å². The Hall–Kier alpha value is -1.03. The minimum Gasteiger partial charge on any atom is -0.480 e. The maximum atomic E-state index is 5.59. The van der Waals surface area contributed by atoms with E-state index in [2.05, 4.69) is 9.97 Å². The fourth-order valence-electron chi connectivity index (χ4n) is 0.507. The third kappa shape index (κ3) is 1.27. The van der Waals surface area contributed by atoms with Crippen LogP contribution in [0.2, 0.25) is 5.02 Å². The van der Waals surface area contributed by atoms with Gasteiger partial charge in [-0.15, -0.1) is 0 Å². The molecule has 0 atom stereocenters. The first-order chi connectivity index (χ1) is 4.74. The Bertz CT molecular complexity index is 240. The smallest absolute Gasteiger partial charge is 0.237 e. The van der Waals surface area contributed by atoms with E-state index in [1.165, 1.54) is 13.3 Å². The summed E-state index contributed by atoms with van der Waals surface area (Å²) in [5, 5.41) is 0.358. The van der Waals surface area contributed by atoms with Crippen LogP contribution in [0.25, 0.3) is 0 Å². The van der Waals surface area contributed by atoms with E-state index in [0.717, 1.165) is 0 Å². The maximum absolute atomic E-state index is 5.59. The van der Waals surface area contributed by atoms with Crippen LogP contribution in [0, 0.1) is 0 Å². The number of halogens is 1. The van der Waals surface area contributed by atoms with Crippen molar-refractivity contribution in [3.63, 3.8) is 0 Å². The quantitative estimate of drug-likeness (QED) is 0.656. The Morgan fingerprint density at radius 1 is 1.70 bits per heavy atom. The van der Waals surface area contributed by atoms with Crippen molar-refractivity contribution in [1.29, 1.82) is 0 Å². The fraction of sp³-hybridized carbons (Fsp3) is 0.200. The van der Waals surface area contributed by atoms with Crippen LogP contribution in [0.15, 0.2) is 6.20 Å². The molecule has 0 amide bonds. The monoisotopic (exact) mass is 159 g/mol. The molecule has 1 heterocycles. The van der Waals surface area contributed by atoms with E-state index in [1.54, 1.807) is 0 Å². The van der Waals surface area contributed by atoms with Crippen LogP contribution in [0.3, 0.4) is 0 Å². The van der Waals surface area contributed by atoms with Crippen molar-refractivity contribution in [2.45, 2.75) is 0 Å². The predicted octanol–water partition coefficient (Wildman–Crippen LogP) is 0.721. The molecule has 0 aliphatic carbocycles. The number of nitrogens with zero attached hydrogens (tertiary/aromatic N) is 2. The van der Waals surface area contributed by atoms with Gasteiger partial charge in [0.1, 0.15) is 5.02 Å². The molecule has 4 nitrogen and oxygen atoms in total. The summed E-state index contributed by atoms with van der Waals surface area (Å²) < 4.78 is 4.76. The van der Waals surface area contributed by atoms with Gasteiger partial charge >= 0.3 is 0 Å². The second-order valence-corrected chi connectivity index (χ2v) is 1.99. The van der Waals surface area contributed by atoms with Gasteiger partial charge in [0, 0.05) is 0 Å². The molecule has 0 aliphatic heterocycles.